The molecule has 12 heteroatoms. The molecule has 0 aliphatic rings. The minimum absolute atomic E-state index is 0.181. The van der Waals surface area contributed by atoms with E-state index < -0.39 is 5.82 Å². The molecule has 2 aromatic heterocycles. The van der Waals surface area contributed by atoms with Gasteiger partial charge in [0.15, 0.2) is 12.1 Å². The molecule has 4 aromatic rings. The van der Waals surface area contributed by atoms with Crippen LogP contribution in [0.4, 0.5) is 8.78 Å². The van der Waals surface area contributed by atoms with Gasteiger partial charge < -0.3 is 23.7 Å². The summed E-state index contributed by atoms with van der Waals surface area (Å²) in [6.45, 7) is 7.00. The van der Waals surface area contributed by atoms with Crippen molar-refractivity contribution >= 4 is 60.2 Å². The summed E-state index contributed by atoms with van der Waals surface area (Å²) < 4.78 is 41.7. The summed E-state index contributed by atoms with van der Waals surface area (Å²) in [7, 11) is 0. The second-order valence-corrected chi connectivity index (χ2v) is 9.19. The Balaban J connectivity index is 0.000000201. The fourth-order valence-electron chi connectivity index (χ4n) is 3.60. The molecule has 36 heavy (non-hydrogen) atoms. The largest absolute Gasteiger partial charge is 0.388 e. The molecule has 4 rings (SSSR count). The molecule has 0 aliphatic carbocycles. The highest BCUT2D eigenvalue weighted by molar-refractivity contribution is 9.10. The third kappa shape index (κ3) is 6.54. The Morgan fingerprint density at radius 2 is 1.39 bits per heavy atom. The summed E-state index contributed by atoms with van der Waals surface area (Å²) in [5, 5.41) is 9.28. The van der Waals surface area contributed by atoms with Gasteiger partial charge in [0.1, 0.15) is 24.1 Å². The molecule has 0 bridgehead atoms. The number of aldehydes is 1. The molecular formula is C24H26Br2F2N4O4. The number of hydrogen-bond acceptors (Lipinski definition) is 6. The number of benzene rings is 2. The van der Waals surface area contributed by atoms with E-state index in [1.54, 1.807) is 16.7 Å². The number of aromatic nitrogens is 4. The van der Waals surface area contributed by atoms with E-state index in [0.717, 1.165) is 5.52 Å². The second-order valence-electron chi connectivity index (χ2n) is 7.48. The van der Waals surface area contributed by atoms with Gasteiger partial charge >= 0.3 is 0 Å². The van der Waals surface area contributed by atoms with Gasteiger partial charge in [-0.25, -0.2) is 18.7 Å². The van der Waals surface area contributed by atoms with E-state index >= 15 is 0 Å². The maximum absolute atomic E-state index is 13.4. The lowest BCUT2D eigenvalue weighted by atomic mass is 10.3. The summed E-state index contributed by atoms with van der Waals surface area (Å²) in [6.07, 6.45) is 0.664. The topological polar surface area (TPSA) is 91.4 Å². The van der Waals surface area contributed by atoms with E-state index in [9.17, 15) is 18.7 Å². The number of carbonyl (C=O) groups excluding carboxylic acids is 1. The van der Waals surface area contributed by atoms with Crippen LogP contribution < -0.4 is 0 Å². The van der Waals surface area contributed by atoms with Crippen molar-refractivity contribution < 1.29 is 28.2 Å². The summed E-state index contributed by atoms with van der Waals surface area (Å²) >= 11 is 6.28. The molecule has 0 amide bonds. The number of hydrogen-bond donors (Lipinski definition) is 1. The zero-order valence-corrected chi connectivity index (χ0v) is 23.0. The number of fused-ring (bicyclic) bond motifs is 2. The minimum Gasteiger partial charge on any atom is -0.388 e. The Hall–Kier alpha value is -2.25. The second kappa shape index (κ2) is 13.3. The van der Waals surface area contributed by atoms with Crippen molar-refractivity contribution in [3.05, 3.63) is 56.5 Å². The Morgan fingerprint density at radius 3 is 1.89 bits per heavy atom. The number of halogens is 4. The predicted octanol–water partition coefficient (Wildman–Crippen LogP) is 5.25. The van der Waals surface area contributed by atoms with Crippen molar-refractivity contribution in [2.75, 3.05) is 26.4 Å². The fourth-order valence-corrected chi connectivity index (χ4v) is 4.27. The van der Waals surface area contributed by atoms with Gasteiger partial charge in [-0.05, 0) is 57.8 Å². The zero-order chi connectivity index (χ0) is 26.2. The number of imidazole rings is 2. The molecule has 0 spiro atoms. The van der Waals surface area contributed by atoms with Gasteiger partial charge in [0, 0.05) is 38.4 Å². The van der Waals surface area contributed by atoms with Crippen molar-refractivity contribution in [1.82, 2.24) is 19.1 Å². The molecule has 1 N–H and O–H groups in total. The first-order valence-corrected chi connectivity index (χ1v) is 12.8. The Morgan fingerprint density at radius 1 is 0.889 bits per heavy atom. The average Bonchev–Trinajstić information content (AvgIpc) is 3.37. The molecule has 0 unspecified atom stereocenters. The highest BCUT2D eigenvalue weighted by Gasteiger charge is 2.14. The molecule has 2 heterocycles. The van der Waals surface area contributed by atoms with E-state index in [0.29, 0.717) is 77.1 Å². The molecule has 2 aromatic carbocycles. The van der Waals surface area contributed by atoms with Crippen LogP contribution in [0.25, 0.3) is 22.1 Å². The van der Waals surface area contributed by atoms with Crippen LogP contribution in [0.3, 0.4) is 0 Å². The van der Waals surface area contributed by atoms with Crippen LogP contribution >= 0.6 is 31.9 Å². The van der Waals surface area contributed by atoms with Crippen LogP contribution in [0.2, 0.25) is 0 Å². The maximum atomic E-state index is 13.4. The molecule has 0 radical (unpaired) electrons. The number of rotatable bonds is 10. The normalized spacial score (nSPS) is 11.2. The lowest BCUT2D eigenvalue weighted by Gasteiger charge is -2.08. The molecule has 194 valence electrons. The highest BCUT2D eigenvalue weighted by Crippen LogP contribution is 2.25. The molecule has 0 atom stereocenters. The summed E-state index contributed by atoms with van der Waals surface area (Å²) in [6, 6.07) is 5.96. The van der Waals surface area contributed by atoms with Crippen LogP contribution in [0.1, 0.15) is 30.3 Å². The smallest absolute Gasteiger partial charge is 0.185 e. The van der Waals surface area contributed by atoms with Crippen molar-refractivity contribution in [3.63, 3.8) is 0 Å². The van der Waals surface area contributed by atoms with E-state index in [-0.39, 0.29) is 18.2 Å². The Labute approximate surface area is 223 Å². The number of carbonyl (C=O) groups is 1. The van der Waals surface area contributed by atoms with Crippen molar-refractivity contribution in [2.24, 2.45) is 0 Å². The first-order chi connectivity index (χ1) is 17.3. The monoisotopic (exact) mass is 630 g/mol. The molecule has 0 aliphatic heterocycles. The number of ether oxygens (including phenoxy) is 2. The van der Waals surface area contributed by atoms with Crippen LogP contribution in [-0.2, 0) is 29.2 Å². The highest BCUT2D eigenvalue weighted by atomic mass is 79.9. The van der Waals surface area contributed by atoms with Gasteiger partial charge in [-0.1, -0.05) is 0 Å². The first kappa shape index (κ1) is 28.3. The van der Waals surface area contributed by atoms with E-state index in [4.69, 9.17) is 9.47 Å². The predicted molar refractivity (Wildman–Crippen MR) is 139 cm³/mol. The number of aliphatic hydroxyl groups excluding tert-OH is 1. The van der Waals surface area contributed by atoms with E-state index in [2.05, 4.69) is 41.8 Å². The molecule has 0 saturated heterocycles. The SMILES string of the molecule is CCOCCn1c(C=O)nc2cc(F)c(Br)cc21.CCOCCn1c(CO)nc2cc(F)c(Br)cc21. The Bertz CT molecular complexity index is 1340. The fraction of sp³-hybridized carbons (Fsp3) is 0.375. The molecular weight excluding hydrogens is 606 g/mol. The third-order valence-corrected chi connectivity index (χ3v) is 6.48. The minimum atomic E-state index is -0.394. The van der Waals surface area contributed by atoms with Crippen molar-refractivity contribution in [2.45, 2.75) is 33.5 Å². The quantitative estimate of drug-likeness (QED) is 0.190. The van der Waals surface area contributed by atoms with Crippen LogP contribution in [0.15, 0.2) is 33.2 Å². The van der Waals surface area contributed by atoms with E-state index in [1.165, 1.54) is 12.1 Å². The molecule has 0 fully saturated rings. The Kier molecular flexibility index (Phi) is 10.5. The van der Waals surface area contributed by atoms with Gasteiger partial charge in [-0.3, -0.25) is 4.79 Å². The van der Waals surface area contributed by atoms with E-state index in [1.807, 2.05) is 18.4 Å². The van der Waals surface area contributed by atoms with Crippen molar-refractivity contribution in [3.8, 4) is 0 Å². The van der Waals surface area contributed by atoms with Crippen molar-refractivity contribution in [1.29, 1.82) is 0 Å². The number of aliphatic hydroxyl groups is 1. The molecule has 0 saturated carbocycles. The lowest BCUT2D eigenvalue weighted by Crippen LogP contribution is -2.09. The summed E-state index contributed by atoms with van der Waals surface area (Å²) in [5.74, 6) is 0.0419. The van der Waals surface area contributed by atoms with Gasteiger partial charge in [0.25, 0.3) is 0 Å². The zero-order valence-electron chi connectivity index (χ0n) is 19.8. The summed E-state index contributed by atoms with van der Waals surface area (Å²) in [5.41, 5.74) is 2.50. The van der Waals surface area contributed by atoms with Gasteiger partial charge in [-0.2, -0.15) is 0 Å². The van der Waals surface area contributed by atoms with Gasteiger partial charge in [-0.15, -0.1) is 0 Å². The first-order valence-electron chi connectivity index (χ1n) is 11.2. The maximum Gasteiger partial charge on any atom is 0.185 e. The van der Waals surface area contributed by atoms with Crippen LogP contribution in [0.5, 0.6) is 0 Å². The van der Waals surface area contributed by atoms with Gasteiger partial charge in [0.2, 0.25) is 0 Å². The average molecular weight is 632 g/mol. The number of nitrogens with zero attached hydrogens (tertiary/aromatic N) is 4. The standard InChI is InChI=1S/C12H14BrFN2O2.C12H12BrFN2O2/c2*1-2-18-4-3-16-11-5-8(13)9(14)6-10(11)15-12(16)7-17/h5-6,17H,2-4,7H2,1H3;5-7H,2-4H2,1H3. The lowest BCUT2D eigenvalue weighted by molar-refractivity contribution is 0.110. The van der Waals surface area contributed by atoms with Gasteiger partial charge in [0.05, 0.1) is 44.2 Å². The summed E-state index contributed by atoms with van der Waals surface area (Å²) in [4.78, 5) is 19.3. The molecule has 8 nitrogen and oxygen atoms in total. The third-order valence-electron chi connectivity index (χ3n) is 5.26. The van der Waals surface area contributed by atoms with Crippen LogP contribution in [0, 0.1) is 11.6 Å². The van der Waals surface area contributed by atoms with Crippen LogP contribution in [-0.4, -0.2) is 56.9 Å².